The summed E-state index contributed by atoms with van der Waals surface area (Å²) in [7, 11) is 0. The van der Waals surface area contributed by atoms with E-state index in [0.717, 1.165) is 85.6 Å². The van der Waals surface area contributed by atoms with Crippen LogP contribution in [0, 0.1) is 0 Å². The first-order chi connectivity index (χ1) is 21.5. The summed E-state index contributed by atoms with van der Waals surface area (Å²) >= 11 is 0. The maximum atomic E-state index is 11.3. The van der Waals surface area contributed by atoms with E-state index in [-0.39, 0.29) is 12.1 Å². The van der Waals surface area contributed by atoms with E-state index in [9.17, 15) is 10.2 Å². The maximum Gasteiger partial charge on any atom is 0.127 e. The van der Waals surface area contributed by atoms with Gasteiger partial charge in [0, 0.05) is 23.6 Å². The van der Waals surface area contributed by atoms with Crippen molar-refractivity contribution in [3.8, 4) is 11.5 Å². The lowest BCUT2D eigenvalue weighted by Gasteiger charge is -2.22. The molecule has 0 aliphatic rings. The SMILES string of the molecule is CCCCc1cc(C=N[C@H](c2ccccc2)[C@H](N=Cc2cccc(CCCC)c2O)c2ccccc2)c(O)c(CCCC)c1. The average Bonchev–Trinajstić information content (AvgIpc) is 3.06. The molecule has 4 rings (SSSR count). The van der Waals surface area contributed by atoms with E-state index in [1.807, 2.05) is 60.8 Å². The second-order valence-electron chi connectivity index (χ2n) is 11.6. The summed E-state index contributed by atoms with van der Waals surface area (Å²) in [5.41, 5.74) is 6.70. The van der Waals surface area contributed by atoms with Crippen molar-refractivity contribution >= 4 is 12.4 Å². The van der Waals surface area contributed by atoms with Crippen molar-refractivity contribution in [2.24, 2.45) is 9.98 Å². The zero-order chi connectivity index (χ0) is 31.1. The fourth-order valence-electron chi connectivity index (χ4n) is 5.57. The molecule has 0 unspecified atom stereocenters. The fraction of sp³-hybridized carbons (Fsp3) is 0.350. The third-order valence-electron chi connectivity index (χ3n) is 8.18. The highest BCUT2D eigenvalue weighted by Gasteiger charge is 2.24. The number of hydrogen-bond acceptors (Lipinski definition) is 4. The van der Waals surface area contributed by atoms with E-state index in [2.05, 4.69) is 57.2 Å². The molecule has 0 bridgehead atoms. The van der Waals surface area contributed by atoms with Gasteiger partial charge in [0.15, 0.2) is 0 Å². The number of phenolic OH excluding ortho intramolecular Hbond substituents is 2. The van der Waals surface area contributed by atoms with Crippen molar-refractivity contribution < 1.29 is 10.2 Å². The van der Waals surface area contributed by atoms with E-state index in [0.29, 0.717) is 17.1 Å². The van der Waals surface area contributed by atoms with Gasteiger partial charge in [-0.2, -0.15) is 0 Å². The van der Waals surface area contributed by atoms with Gasteiger partial charge in [-0.1, -0.05) is 119 Å². The van der Waals surface area contributed by atoms with Crippen molar-refractivity contribution in [2.45, 2.75) is 90.6 Å². The molecule has 0 aliphatic heterocycles. The van der Waals surface area contributed by atoms with Crippen LogP contribution in [0.15, 0.2) is 101 Å². The zero-order valence-corrected chi connectivity index (χ0v) is 26.6. The zero-order valence-electron chi connectivity index (χ0n) is 26.6. The summed E-state index contributed by atoms with van der Waals surface area (Å²) in [5, 5.41) is 22.4. The predicted molar refractivity (Wildman–Crippen MR) is 186 cm³/mol. The average molecular weight is 589 g/mol. The van der Waals surface area contributed by atoms with Crippen molar-refractivity contribution in [3.63, 3.8) is 0 Å². The third-order valence-corrected chi connectivity index (χ3v) is 8.18. The van der Waals surface area contributed by atoms with Crippen LogP contribution in [0.2, 0.25) is 0 Å². The van der Waals surface area contributed by atoms with Crippen LogP contribution in [-0.4, -0.2) is 22.6 Å². The number of phenols is 2. The van der Waals surface area contributed by atoms with Gasteiger partial charge in [0.05, 0.1) is 0 Å². The summed E-state index contributed by atoms with van der Waals surface area (Å²) < 4.78 is 0. The van der Waals surface area contributed by atoms with Gasteiger partial charge < -0.3 is 10.2 Å². The summed E-state index contributed by atoms with van der Waals surface area (Å²) in [6.07, 6.45) is 12.7. The number of aliphatic imine (C=N–C) groups is 2. The summed E-state index contributed by atoms with van der Waals surface area (Å²) in [5.74, 6) is 0.618. The smallest absolute Gasteiger partial charge is 0.127 e. The molecule has 4 aromatic carbocycles. The second kappa shape index (κ2) is 17.2. The molecule has 0 fully saturated rings. The summed E-state index contributed by atoms with van der Waals surface area (Å²) in [6.45, 7) is 6.54. The first-order valence-corrected chi connectivity index (χ1v) is 16.4. The second-order valence-corrected chi connectivity index (χ2v) is 11.6. The number of para-hydroxylation sites is 1. The minimum Gasteiger partial charge on any atom is -0.507 e. The number of aryl methyl sites for hydroxylation is 3. The maximum absolute atomic E-state index is 11.3. The Balaban J connectivity index is 1.79. The van der Waals surface area contributed by atoms with E-state index in [1.165, 1.54) is 5.56 Å². The number of aromatic hydroxyl groups is 2. The van der Waals surface area contributed by atoms with Crippen molar-refractivity contribution in [3.05, 3.63) is 130 Å². The lowest BCUT2D eigenvalue weighted by atomic mass is 9.93. The Kier molecular flexibility index (Phi) is 12.8. The van der Waals surface area contributed by atoms with Gasteiger partial charge in [0.1, 0.15) is 23.6 Å². The molecular formula is C40H48N2O2. The monoisotopic (exact) mass is 588 g/mol. The molecule has 0 saturated carbocycles. The highest BCUT2D eigenvalue weighted by molar-refractivity contribution is 5.85. The van der Waals surface area contributed by atoms with Gasteiger partial charge in [-0.3, -0.25) is 9.98 Å². The number of nitrogens with zero attached hydrogens (tertiary/aromatic N) is 2. The molecule has 0 amide bonds. The fourth-order valence-corrected chi connectivity index (χ4v) is 5.57. The molecule has 4 nitrogen and oxygen atoms in total. The molecule has 0 saturated heterocycles. The van der Waals surface area contributed by atoms with Gasteiger partial charge in [-0.25, -0.2) is 0 Å². The van der Waals surface area contributed by atoms with Crippen LogP contribution in [0.3, 0.4) is 0 Å². The van der Waals surface area contributed by atoms with Crippen LogP contribution in [0.1, 0.15) is 110 Å². The van der Waals surface area contributed by atoms with E-state index < -0.39 is 0 Å². The number of unbranched alkanes of at least 4 members (excludes halogenated alkanes) is 3. The molecule has 0 spiro atoms. The van der Waals surface area contributed by atoms with Crippen molar-refractivity contribution in [1.82, 2.24) is 0 Å². The number of benzene rings is 4. The quantitative estimate of drug-likeness (QED) is 0.128. The third kappa shape index (κ3) is 8.92. The van der Waals surface area contributed by atoms with Gasteiger partial charge >= 0.3 is 0 Å². The molecule has 44 heavy (non-hydrogen) atoms. The topological polar surface area (TPSA) is 65.2 Å². The Hall–Kier alpha value is -4.18. The molecule has 0 heterocycles. The highest BCUT2D eigenvalue weighted by atomic mass is 16.3. The van der Waals surface area contributed by atoms with E-state index in [1.54, 1.807) is 6.21 Å². The molecule has 230 valence electrons. The van der Waals surface area contributed by atoms with Gasteiger partial charge in [-0.15, -0.1) is 0 Å². The molecular weight excluding hydrogens is 540 g/mol. The van der Waals surface area contributed by atoms with Gasteiger partial charge in [-0.05, 0) is 78.5 Å². The lowest BCUT2D eigenvalue weighted by molar-refractivity contribution is 0.465. The molecule has 0 aliphatic carbocycles. The van der Waals surface area contributed by atoms with Crippen LogP contribution in [-0.2, 0) is 19.3 Å². The number of rotatable bonds is 16. The van der Waals surface area contributed by atoms with Crippen molar-refractivity contribution in [2.75, 3.05) is 0 Å². The molecule has 4 heteroatoms. The lowest BCUT2D eigenvalue weighted by Crippen LogP contribution is -2.09. The molecule has 0 radical (unpaired) electrons. The van der Waals surface area contributed by atoms with Gasteiger partial charge in [0.25, 0.3) is 0 Å². The number of hydrogen-bond donors (Lipinski definition) is 2. The van der Waals surface area contributed by atoms with E-state index >= 15 is 0 Å². The summed E-state index contributed by atoms with van der Waals surface area (Å²) in [6, 6.07) is 29.9. The van der Waals surface area contributed by atoms with E-state index in [4.69, 9.17) is 9.98 Å². The Morgan fingerprint density at radius 2 is 1.05 bits per heavy atom. The highest BCUT2D eigenvalue weighted by Crippen LogP contribution is 2.37. The van der Waals surface area contributed by atoms with Crippen molar-refractivity contribution in [1.29, 1.82) is 0 Å². The Bertz CT molecular complexity index is 1500. The first kappa shape index (κ1) is 32.7. The minimum absolute atomic E-state index is 0.296. The molecule has 0 aromatic heterocycles. The Morgan fingerprint density at radius 1 is 0.545 bits per heavy atom. The van der Waals surface area contributed by atoms with Gasteiger partial charge in [0.2, 0.25) is 0 Å². The Labute approximate surface area is 264 Å². The molecule has 2 N–H and O–H groups in total. The predicted octanol–water partition coefficient (Wildman–Crippen LogP) is 10.1. The van der Waals surface area contributed by atoms with Crippen LogP contribution < -0.4 is 0 Å². The normalized spacial score (nSPS) is 13.1. The minimum atomic E-state index is -0.349. The molecule has 2 atom stereocenters. The standard InChI is InChI=1S/C40H48N2O2/c1-4-7-17-30-26-34(19-9-6-3)40(44)36(27-30)29-42-38(32-22-14-11-15-23-32)37(31-20-12-10-13-21-31)41-28-35-25-16-24-33(39(35)43)18-8-5-2/h10-16,20-29,37-38,43-44H,4-9,17-19H2,1-3H3/t37-,38-/m1/s1. The van der Waals surface area contributed by atoms with Crippen LogP contribution in [0.5, 0.6) is 11.5 Å². The largest absolute Gasteiger partial charge is 0.507 e. The van der Waals surface area contributed by atoms with Crippen LogP contribution in [0.4, 0.5) is 0 Å². The Morgan fingerprint density at radius 3 is 1.61 bits per heavy atom. The summed E-state index contributed by atoms with van der Waals surface area (Å²) in [4.78, 5) is 10.3. The molecule has 4 aromatic rings. The first-order valence-electron chi connectivity index (χ1n) is 16.4. The van der Waals surface area contributed by atoms with Crippen LogP contribution >= 0.6 is 0 Å². The van der Waals surface area contributed by atoms with Crippen LogP contribution in [0.25, 0.3) is 0 Å².